The molecule has 3 aromatic heterocycles. The molecule has 6 nitrogen and oxygen atoms in total. The number of aromatic amines is 1. The first-order valence-corrected chi connectivity index (χ1v) is 10.2. The molecule has 30 heavy (non-hydrogen) atoms. The summed E-state index contributed by atoms with van der Waals surface area (Å²) in [6.07, 6.45) is 3.51. The molecule has 0 amide bonds. The molecule has 5 rings (SSSR count). The average molecular weight is 414 g/mol. The van der Waals surface area contributed by atoms with Gasteiger partial charge >= 0.3 is 0 Å². The van der Waals surface area contributed by atoms with Crippen molar-refractivity contribution < 1.29 is 4.74 Å². The molecule has 3 heterocycles. The van der Waals surface area contributed by atoms with Crippen LogP contribution in [0.25, 0.3) is 43.4 Å². The quantitative estimate of drug-likeness (QED) is 0.462. The Hall–Kier alpha value is -3.71. The van der Waals surface area contributed by atoms with Gasteiger partial charge in [-0.05, 0) is 23.3 Å². The van der Waals surface area contributed by atoms with Gasteiger partial charge in [0, 0.05) is 29.9 Å². The highest BCUT2D eigenvalue weighted by Crippen LogP contribution is 2.43. The molecule has 1 N–H and O–H groups in total. The summed E-state index contributed by atoms with van der Waals surface area (Å²) in [6.45, 7) is 0. The summed E-state index contributed by atoms with van der Waals surface area (Å²) in [5.41, 5.74) is 2.69. The van der Waals surface area contributed by atoms with E-state index in [2.05, 4.69) is 9.97 Å². The third kappa shape index (κ3) is 3.00. The summed E-state index contributed by atoms with van der Waals surface area (Å²) >= 11 is 1.51. The minimum absolute atomic E-state index is 0.178. The van der Waals surface area contributed by atoms with Gasteiger partial charge in [-0.25, -0.2) is 9.97 Å². The summed E-state index contributed by atoms with van der Waals surface area (Å²) in [6, 6.07) is 17.8. The minimum atomic E-state index is -0.178. The van der Waals surface area contributed by atoms with Crippen molar-refractivity contribution in [1.29, 1.82) is 0 Å². The van der Waals surface area contributed by atoms with E-state index in [1.165, 1.54) is 11.3 Å². The molecule has 0 saturated carbocycles. The van der Waals surface area contributed by atoms with Crippen molar-refractivity contribution >= 4 is 21.6 Å². The summed E-state index contributed by atoms with van der Waals surface area (Å²) in [5.74, 6) is 1.85. The van der Waals surface area contributed by atoms with Gasteiger partial charge in [-0.2, -0.15) is 0 Å². The normalized spacial score (nSPS) is 11.1. The van der Waals surface area contributed by atoms with E-state index in [0.29, 0.717) is 21.9 Å². The first-order valence-electron chi connectivity index (χ1n) is 9.40. The van der Waals surface area contributed by atoms with Crippen molar-refractivity contribution in [2.45, 2.75) is 0 Å². The summed E-state index contributed by atoms with van der Waals surface area (Å²) in [7, 11) is 3.51. The largest absolute Gasteiger partial charge is 0.497 e. The van der Waals surface area contributed by atoms with Crippen LogP contribution in [-0.4, -0.2) is 26.6 Å². The lowest BCUT2D eigenvalue weighted by molar-refractivity contribution is 0.415. The Balaban J connectivity index is 1.81. The van der Waals surface area contributed by atoms with E-state index in [4.69, 9.17) is 9.72 Å². The number of nitrogens with zero attached hydrogens (tertiary/aromatic N) is 3. The molecule has 0 fully saturated rings. The van der Waals surface area contributed by atoms with E-state index >= 15 is 0 Å². The smallest absolute Gasteiger partial charge is 0.260 e. The molecule has 2 aromatic carbocycles. The zero-order chi connectivity index (χ0) is 20.7. The topological polar surface area (TPSA) is 72.8 Å². The monoisotopic (exact) mass is 414 g/mol. The number of thiophene rings is 1. The number of ether oxygens (including phenoxy) is 1. The Morgan fingerprint density at radius 2 is 1.80 bits per heavy atom. The predicted octanol–water partition coefficient (Wildman–Crippen LogP) is 4.73. The second-order valence-electron chi connectivity index (χ2n) is 6.86. The minimum Gasteiger partial charge on any atom is -0.497 e. The fraction of sp³-hybridized carbons (Fsp3) is 0.0870. The highest BCUT2D eigenvalue weighted by molar-refractivity contribution is 7.22. The predicted molar refractivity (Wildman–Crippen MR) is 120 cm³/mol. The second kappa shape index (κ2) is 7.27. The molecule has 0 aliphatic heterocycles. The molecular weight excluding hydrogens is 396 g/mol. The maximum atomic E-state index is 13.2. The number of nitrogens with one attached hydrogen (secondary N) is 1. The van der Waals surface area contributed by atoms with Crippen molar-refractivity contribution in [2.75, 3.05) is 7.11 Å². The Morgan fingerprint density at radius 1 is 1.03 bits per heavy atom. The number of hydrogen-bond acceptors (Lipinski definition) is 5. The molecule has 148 valence electrons. The number of aromatic nitrogens is 4. The van der Waals surface area contributed by atoms with E-state index in [9.17, 15) is 4.79 Å². The van der Waals surface area contributed by atoms with Crippen LogP contribution in [0.5, 0.6) is 5.75 Å². The lowest BCUT2D eigenvalue weighted by Gasteiger charge is -2.07. The van der Waals surface area contributed by atoms with E-state index in [1.807, 2.05) is 72.4 Å². The molecule has 0 aliphatic rings. The number of H-pyrrole nitrogens is 1. The SMILES string of the molecule is COc1ccc(-c2c(-c3ccccc3)sc3nc(-c4nccn4C)[nH]c(=O)c23)cc1. The number of hydrogen-bond donors (Lipinski definition) is 1. The molecule has 7 heteroatoms. The van der Waals surface area contributed by atoms with Gasteiger partial charge in [0.25, 0.3) is 5.56 Å². The van der Waals surface area contributed by atoms with Crippen LogP contribution in [-0.2, 0) is 7.05 Å². The van der Waals surface area contributed by atoms with Crippen molar-refractivity contribution in [3.05, 3.63) is 77.3 Å². The van der Waals surface area contributed by atoms with Crippen LogP contribution in [0.15, 0.2) is 71.8 Å². The third-order valence-corrected chi connectivity index (χ3v) is 6.14. The number of methoxy groups -OCH3 is 1. The summed E-state index contributed by atoms with van der Waals surface area (Å²) in [5, 5.41) is 0.585. The molecule has 0 bridgehead atoms. The van der Waals surface area contributed by atoms with Crippen LogP contribution in [0.2, 0.25) is 0 Å². The van der Waals surface area contributed by atoms with Crippen LogP contribution < -0.4 is 10.3 Å². The number of imidazole rings is 1. The van der Waals surface area contributed by atoms with Crippen molar-refractivity contribution in [3.8, 4) is 39.0 Å². The maximum Gasteiger partial charge on any atom is 0.260 e. The van der Waals surface area contributed by atoms with Crippen LogP contribution in [0.1, 0.15) is 0 Å². The molecule has 5 aromatic rings. The average Bonchev–Trinajstić information content (AvgIpc) is 3.38. The standard InChI is InChI=1S/C23H18N4O2S/c1-27-13-12-24-21(27)20-25-22(28)18-17(14-8-10-16(29-2)11-9-14)19(30-23(18)26-20)15-6-4-3-5-7-15/h3-13H,1-2H3,(H,25,26,28). The van der Waals surface area contributed by atoms with E-state index in [1.54, 1.807) is 13.3 Å². The van der Waals surface area contributed by atoms with Gasteiger partial charge in [0.15, 0.2) is 11.6 Å². The Kier molecular flexibility index (Phi) is 4.44. The first kappa shape index (κ1) is 18.3. The van der Waals surface area contributed by atoms with Gasteiger partial charge in [-0.15, -0.1) is 11.3 Å². The van der Waals surface area contributed by atoms with Crippen LogP contribution in [0.4, 0.5) is 0 Å². The van der Waals surface area contributed by atoms with Crippen molar-refractivity contribution in [3.63, 3.8) is 0 Å². The lowest BCUT2D eigenvalue weighted by atomic mass is 10.00. The van der Waals surface area contributed by atoms with Gasteiger partial charge in [0.05, 0.1) is 12.5 Å². The molecule has 0 spiro atoms. The highest BCUT2D eigenvalue weighted by Gasteiger charge is 2.21. The molecule has 0 radical (unpaired) electrons. The second-order valence-corrected chi connectivity index (χ2v) is 7.86. The molecule has 0 unspecified atom stereocenters. The van der Waals surface area contributed by atoms with Crippen LogP contribution >= 0.6 is 11.3 Å². The van der Waals surface area contributed by atoms with Crippen molar-refractivity contribution in [2.24, 2.45) is 7.05 Å². The first-order chi connectivity index (χ1) is 14.7. The van der Waals surface area contributed by atoms with E-state index in [0.717, 1.165) is 27.3 Å². The number of fused-ring (bicyclic) bond motifs is 1. The Morgan fingerprint density at radius 3 is 2.47 bits per heavy atom. The number of rotatable bonds is 4. The highest BCUT2D eigenvalue weighted by atomic mass is 32.1. The summed E-state index contributed by atoms with van der Waals surface area (Å²) < 4.78 is 7.13. The van der Waals surface area contributed by atoms with Gasteiger partial charge < -0.3 is 14.3 Å². The van der Waals surface area contributed by atoms with E-state index in [-0.39, 0.29) is 5.56 Å². The lowest BCUT2D eigenvalue weighted by Crippen LogP contribution is -2.10. The molecular formula is C23H18N4O2S. The Bertz CT molecular complexity index is 1400. The van der Waals surface area contributed by atoms with Gasteiger partial charge in [0.2, 0.25) is 0 Å². The maximum absolute atomic E-state index is 13.2. The molecule has 0 atom stereocenters. The van der Waals surface area contributed by atoms with Gasteiger partial charge in [-0.3, -0.25) is 4.79 Å². The fourth-order valence-corrected chi connectivity index (χ4v) is 4.74. The summed E-state index contributed by atoms with van der Waals surface area (Å²) in [4.78, 5) is 26.9. The van der Waals surface area contributed by atoms with Gasteiger partial charge in [0.1, 0.15) is 10.6 Å². The van der Waals surface area contributed by atoms with E-state index < -0.39 is 0 Å². The third-order valence-electron chi connectivity index (χ3n) is 5.01. The number of benzene rings is 2. The Labute approximate surface area is 176 Å². The molecule has 0 saturated heterocycles. The zero-order valence-electron chi connectivity index (χ0n) is 16.4. The van der Waals surface area contributed by atoms with Crippen LogP contribution in [0, 0.1) is 0 Å². The fourth-order valence-electron chi connectivity index (χ4n) is 3.53. The van der Waals surface area contributed by atoms with Crippen LogP contribution in [0.3, 0.4) is 0 Å². The molecule has 0 aliphatic carbocycles. The van der Waals surface area contributed by atoms with Gasteiger partial charge in [-0.1, -0.05) is 42.5 Å². The number of aryl methyl sites for hydroxylation is 1. The zero-order valence-corrected chi connectivity index (χ0v) is 17.2. The van der Waals surface area contributed by atoms with Crippen molar-refractivity contribution in [1.82, 2.24) is 19.5 Å².